The van der Waals surface area contributed by atoms with Crippen molar-refractivity contribution in [3.63, 3.8) is 0 Å². The van der Waals surface area contributed by atoms with Gasteiger partial charge in [0.15, 0.2) is 0 Å². The van der Waals surface area contributed by atoms with Gasteiger partial charge in [0, 0.05) is 60.6 Å². The first-order valence-corrected chi connectivity index (χ1v) is 12.3. The van der Waals surface area contributed by atoms with E-state index >= 15 is 0 Å². The summed E-state index contributed by atoms with van der Waals surface area (Å²) in [6.07, 6.45) is 13.1. The van der Waals surface area contributed by atoms with Gasteiger partial charge in [-0.25, -0.2) is 0 Å². The number of rotatable bonds is 1. The van der Waals surface area contributed by atoms with Crippen LogP contribution in [0.1, 0.15) is 32.1 Å². The highest BCUT2D eigenvalue weighted by atomic mass is 16.5. The topological polar surface area (TPSA) is 82.1 Å². The molecule has 4 bridgehead atoms. The fraction of sp³-hybridized carbons (Fsp3) is 0.538. The maximum absolute atomic E-state index is 13.2. The number of aliphatic hydroxyl groups excluding tert-OH is 1. The summed E-state index contributed by atoms with van der Waals surface area (Å²) in [5, 5.41) is 12.6. The van der Waals surface area contributed by atoms with Crippen LogP contribution in [0.15, 0.2) is 58.0 Å². The highest BCUT2D eigenvalue weighted by molar-refractivity contribution is 6.20. The quantitative estimate of drug-likeness (QED) is 0.594. The van der Waals surface area contributed by atoms with Gasteiger partial charge in [0.1, 0.15) is 0 Å². The molecule has 0 aromatic heterocycles. The third-order valence-corrected chi connectivity index (χ3v) is 8.02. The van der Waals surface area contributed by atoms with Gasteiger partial charge in [0.25, 0.3) is 11.8 Å². The molecule has 174 valence electrons. The Morgan fingerprint density at radius 1 is 0.909 bits per heavy atom. The van der Waals surface area contributed by atoms with Gasteiger partial charge >= 0.3 is 0 Å². The number of allylic oxidation sites excluding steroid dienone is 6. The Morgan fingerprint density at radius 3 is 2.06 bits per heavy atom. The maximum atomic E-state index is 13.2. The molecule has 4 aliphatic heterocycles. The van der Waals surface area contributed by atoms with E-state index in [0.717, 1.165) is 45.2 Å². The molecule has 2 aliphatic carbocycles. The Morgan fingerprint density at radius 2 is 1.48 bits per heavy atom. The van der Waals surface area contributed by atoms with Crippen molar-refractivity contribution in [1.82, 2.24) is 15.1 Å². The van der Waals surface area contributed by atoms with Gasteiger partial charge in [0.05, 0.1) is 19.3 Å². The summed E-state index contributed by atoms with van der Waals surface area (Å²) in [6, 6.07) is 0. The average molecular weight is 450 g/mol. The molecule has 0 spiro atoms. The van der Waals surface area contributed by atoms with E-state index in [-0.39, 0.29) is 36.4 Å². The summed E-state index contributed by atoms with van der Waals surface area (Å²) in [7, 11) is 0. The molecule has 3 unspecified atom stereocenters. The minimum absolute atomic E-state index is 0.00853. The Labute approximate surface area is 194 Å². The standard InChI is InChI=1S/C26H31N3O4/c30-15-16-9-10-28-13-19(17-5-1-3-7-21(17)28)23-24(26(32)27-25(23)31)20-14-29(11-12-33-16)22-8-4-2-6-18(20)22/h1-2,5-6,16,19-20,30H,3-4,7-15H2,(H,27,31,32). The van der Waals surface area contributed by atoms with E-state index < -0.39 is 0 Å². The Balaban J connectivity index is 1.48. The van der Waals surface area contributed by atoms with Crippen molar-refractivity contribution in [3.05, 3.63) is 58.0 Å². The van der Waals surface area contributed by atoms with E-state index in [2.05, 4.69) is 39.4 Å². The first kappa shape index (κ1) is 20.9. The molecule has 7 nitrogen and oxygen atoms in total. The Hall–Kier alpha value is -2.64. The SMILES string of the molecule is O=C1NC(=O)C2=C1C1CN(CCOC(CO)CCN3CC2C2=C3CCC=C2)C2=C1C=CCC2. The van der Waals surface area contributed by atoms with Gasteiger partial charge in [-0.05, 0) is 43.3 Å². The summed E-state index contributed by atoms with van der Waals surface area (Å²) < 4.78 is 6.10. The lowest BCUT2D eigenvalue weighted by Gasteiger charge is -2.28. The molecule has 2 N–H and O–H groups in total. The number of carbonyl (C=O) groups excluding carboxylic acids is 2. The van der Waals surface area contributed by atoms with E-state index in [1.165, 1.54) is 22.5 Å². The molecular weight excluding hydrogens is 418 g/mol. The highest BCUT2D eigenvalue weighted by Gasteiger charge is 2.46. The normalized spacial score (nSPS) is 31.7. The second kappa shape index (κ2) is 8.29. The minimum atomic E-state index is -0.225. The maximum Gasteiger partial charge on any atom is 0.255 e. The monoisotopic (exact) mass is 449 g/mol. The van der Waals surface area contributed by atoms with E-state index in [1.54, 1.807) is 0 Å². The van der Waals surface area contributed by atoms with Gasteiger partial charge in [-0.2, -0.15) is 0 Å². The summed E-state index contributed by atoms with van der Waals surface area (Å²) in [6.45, 7) is 3.44. The van der Waals surface area contributed by atoms with E-state index in [4.69, 9.17) is 4.74 Å². The van der Waals surface area contributed by atoms with Gasteiger partial charge < -0.3 is 19.6 Å². The number of nitrogens with zero attached hydrogens (tertiary/aromatic N) is 2. The molecule has 0 radical (unpaired) electrons. The van der Waals surface area contributed by atoms with Gasteiger partial charge in [-0.15, -0.1) is 0 Å². The zero-order chi connectivity index (χ0) is 22.5. The average Bonchev–Trinajstić information content (AvgIpc) is 3.46. The summed E-state index contributed by atoms with van der Waals surface area (Å²) in [5.41, 5.74) is 6.25. The lowest BCUT2D eigenvalue weighted by Crippen LogP contribution is -2.33. The number of amides is 2. The first-order valence-electron chi connectivity index (χ1n) is 12.3. The van der Waals surface area contributed by atoms with E-state index in [1.807, 2.05) is 0 Å². The van der Waals surface area contributed by atoms with Crippen molar-refractivity contribution in [3.8, 4) is 0 Å². The van der Waals surface area contributed by atoms with Crippen LogP contribution in [0.4, 0.5) is 0 Å². The predicted molar refractivity (Wildman–Crippen MR) is 123 cm³/mol. The second-order valence-corrected chi connectivity index (χ2v) is 9.76. The molecular formula is C26H31N3O4. The molecule has 0 fully saturated rings. The number of hydrogen-bond acceptors (Lipinski definition) is 6. The predicted octanol–water partition coefficient (Wildman–Crippen LogP) is 1.79. The van der Waals surface area contributed by atoms with Gasteiger partial charge in [0.2, 0.25) is 0 Å². The fourth-order valence-electron chi connectivity index (χ4n) is 6.49. The fourth-order valence-corrected chi connectivity index (χ4v) is 6.49. The molecule has 7 heteroatoms. The summed E-state index contributed by atoms with van der Waals surface area (Å²) >= 11 is 0. The van der Waals surface area contributed by atoms with Crippen LogP contribution in [0.25, 0.3) is 0 Å². The van der Waals surface area contributed by atoms with Crippen molar-refractivity contribution in [1.29, 1.82) is 0 Å². The smallest absolute Gasteiger partial charge is 0.255 e. The van der Waals surface area contributed by atoms with Crippen molar-refractivity contribution < 1.29 is 19.4 Å². The molecule has 6 rings (SSSR count). The molecule has 4 heterocycles. The van der Waals surface area contributed by atoms with Gasteiger partial charge in [-0.3, -0.25) is 14.9 Å². The van der Waals surface area contributed by atoms with Crippen LogP contribution in [-0.2, 0) is 14.3 Å². The second-order valence-electron chi connectivity index (χ2n) is 9.76. The third kappa shape index (κ3) is 3.40. The van der Waals surface area contributed by atoms with Crippen molar-refractivity contribution in [2.24, 2.45) is 11.8 Å². The summed E-state index contributed by atoms with van der Waals surface area (Å²) in [5.74, 6) is -0.645. The number of aliphatic hydroxyl groups is 1. The number of fused-ring (bicyclic) bond motifs is 10. The molecule has 0 saturated carbocycles. The molecule has 6 aliphatic rings. The number of ether oxygens (including phenoxy) is 1. The molecule has 0 aromatic carbocycles. The Bertz CT molecular complexity index is 1050. The zero-order valence-corrected chi connectivity index (χ0v) is 18.9. The van der Waals surface area contributed by atoms with Crippen molar-refractivity contribution >= 4 is 11.8 Å². The number of carbonyl (C=O) groups is 2. The molecule has 0 saturated heterocycles. The number of hydrogen-bond donors (Lipinski definition) is 2. The van der Waals surface area contributed by atoms with Crippen LogP contribution >= 0.6 is 0 Å². The van der Waals surface area contributed by atoms with Crippen LogP contribution in [0.3, 0.4) is 0 Å². The van der Waals surface area contributed by atoms with Gasteiger partial charge in [-0.1, -0.05) is 24.3 Å². The van der Waals surface area contributed by atoms with Crippen LogP contribution in [0.2, 0.25) is 0 Å². The van der Waals surface area contributed by atoms with Crippen LogP contribution in [0.5, 0.6) is 0 Å². The third-order valence-electron chi connectivity index (χ3n) is 8.02. The summed E-state index contributed by atoms with van der Waals surface area (Å²) in [4.78, 5) is 31.1. The Kier molecular flexibility index (Phi) is 5.26. The highest BCUT2D eigenvalue weighted by Crippen LogP contribution is 2.46. The molecule has 0 aromatic rings. The molecule has 2 amide bonds. The number of imide groups is 1. The lowest BCUT2D eigenvalue weighted by molar-refractivity contribution is -0.124. The van der Waals surface area contributed by atoms with Crippen LogP contribution in [-0.4, -0.2) is 72.2 Å². The largest absolute Gasteiger partial charge is 0.394 e. The van der Waals surface area contributed by atoms with E-state index in [9.17, 15) is 14.7 Å². The lowest BCUT2D eigenvalue weighted by atomic mass is 9.81. The molecule has 33 heavy (non-hydrogen) atoms. The van der Waals surface area contributed by atoms with Crippen molar-refractivity contribution in [2.45, 2.75) is 38.2 Å². The zero-order valence-electron chi connectivity index (χ0n) is 18.9. The first-order chi connectivity index (χ1) is 16.2. The number of nitrogens with one attached hydrogen (secondary N) is 1. The van der Waals surface area contributed by atoms with Crippen molar-refractivity contribution in [2.75, 3.05) is 39.4 Å². The van der Waals surface area contributed by atoms with Crippen LogP contribution < -0.4 is 5.32 Å². The van der Waals surface area contributed by atoms with Crippen LogP contribution in [0, 0.1) is 11.8 Å². The van der Waals surface area contributed by atoms with E-state index in [0.29, 0.717) is 30.8 Å². The minimum Gasteiger partial charge on any atom is -0.394 e. The molecule has 3 atom stereocenters.